The molecule has 8 heteroatoms. The van der Waals surface area contributed by atoms with Crippen LogP contribution >= 0.6 is 11.3 Å². The molecule has 1 N–H and O–H groups in total. The second kappa shape index (κ2) is 7.85. The van der Waals surface area contributed by atoms with E-state index in [-0.39, 0.29) is 24.8 Å². The van der Waals surface area contributed by atoms with Crippen molar-refractivity contribution in [3.05, 3.63) is 53.5 Å². The monoisotopic (exact) mass is 397 g/mol. The normalized spacial score (nSPS) is 16.4. The molecule has 1 fully saturated rings. The van der Waals surface area contributed by atoms with Crippen molar-refractivity contribution < 1.29 is 18.8 Å². The van der Waals surface area contributed by atoms with Gasteiger partial charge in [-0.1, -0.05) is 11.2 Å². The topological polar surface area (TPSA) is 84.7 Å². The fourth-order valence-electron chi connectivity index (χ4n) is 3.15. The first-order valence-corrected chi connectivity index (χ1v) is 9.73. The molecule has 7 nitrogen and oxygen atoms in total. The summed E-state index contributed by atoms with van der Waals surface area (Å²) in [4.78, 5) is 27.5. The molecule has 0 unspecified atom stereocenters. The summed E-state index contributed by atoms with van der Waals surface area (Å²) in [7, 11) is 1.59. The molecule has 1 aliphatic heterocycles. The number of nitrogens with zero attached hydrogens (tertiary/aromatic N) is 2. The number of carbonyl (C=O) groups is 2. The molecule has 1 atom stereocenters. The van der Waals surface area contributed by atoms with Crippen LogP contribution in [0.4, 0.5) is 5.69 Å². The van der Waals surface area contributed by atoms with E-state index in [4.69, 9.17) is 9.26 Å². The number of thiophene rings is 1. The summed E-state index contributed by atoms with van der Waals surface area (Å²) in [6.45, 7) is 0.622. The predicted molar refractivity (Wildman–Crippen MR) is 105 cm³/mol. The quantitative estimate of drug-likeness (QED) is 0.691. The molecule has 2 aromatic heterocycles. The lowest BCUT2D eigenvalue weighted by atomic mass is 10.1. The SMILES string of the molecule is COc1ccc(N2C[C@H](C(=O)NCc3cc(-c4cccs4)on3)CC2=O)cc1. The van der Waals surface area contributed by atoms with E-state index in [9.17, 15) is 9.59 Å². The van der Waals surface area contributed by atoms with Gasteiger partial charge in [0.15, 0.2) is 5.76 Å². The average Bonchev–Trinajstić information content (AvgIpc) is 3.46. The van der Waals surface area contributed by atoms with Crippen molar-refractivity contribution in [2.45, 2.75) is 13.0 Å². The molecule has 1 aliphatic rings. The minimum Gasteiger partial charge on any atom is -0.497 e. The van der Waals surface area contributed by atoms with Crippen molar-refractivity contribution in [2.24, 2.45) is 5.92 Å². The van der Waals surface area contributed by atoms with E-state index in [1.54, 1.807) is 35.5 Å². The zero-order chi connectivity index (χ0) is 19.5. The first-order valence-electron chi connectivity index (χ1n) is 8.85. The maximum Gasteiger partial charge on any atom is 0.227 e. The molecule has 2 amide bonds. The number of carbonyl (C=O) groups excluding carboxylic acids is 2. The highest BCUT2D eigenvalue weighted by Crippen LogP contribution is 2.27. The number of ether oxygens (including phenoxy) is 1. The summed E-state index contributed by atoms with van der Waals surface area (Å²) in [5.41, 5.74) is 1.41. The highest BCUT2D eigenvalue weighted by Gasteiger charge is 2.35. The van der Waals surface area contributed by atoms with Gasteiger partial charge in [0.05, 0.1) is 24.4 Å². The third-order valence-electron chi connectivity index (χ3n) is 4.65. The molecule has 4 rings (SSSR count). The molecule has 0 bridgehead atoms. The van der Waals surface area contributed by atoms with Crippen LogP contribution in [0.5, 0.6) is 5.75 Å². The molecule has 3 heterocycles. The number of methoxy groups -OCH3 is 1. The van der Waals surface area contributed by atoms with E-state index in [1.807, 2.05) is 35.7 Å². The molecule has 144 valence electrons. The molecule has 0 aliphatic carbocycles. The Balaban J connectivity index is 1.34. The molecular weight excluding hydrogens is 378 g/mol. The van der Waals surface area contributed by atoms with Gasteiger partial charge in [-0.15, -0.1) is 11.3 Å². The Bertz CT molecular complexity index is 966. The van der Waals surface area contributed by atoms with Gasteiger partial charge in [-0.25, -0.2) is 0 Å². The van der Waals surface area contributed by atoms with Crippen molar-refractivity contribution in [2.75, 3.05) is 18.6 Å². The standard InChI is InChI=1S/C20H19N3O4S/c1-26-16-6-4-15(5-7-16)23-12-13(9-19(23)24)20(25)21-11-14-10-17(27-22-14)18-3-2-8-28-18/h2-8,10,13H,9,11-12H2,1H3,(H,21,25)/t13-/m1/s1. The van der Waals surface area contributed by atoms with Gasteiger partial charge in [0.2, 0.25) is 11.8 Å². The van der Waals surface area contributed by atoms with Gasteiger partial charge in [0.1, 0.15) is 11.4 Å². The molecule has 1 saturated heterocycles. The van der Waals surface area contributed by atoms with E-state index in [1.165, 1.54) is 0 Å². The zero-order valence-corrected chi connectivity index (χ0v) is 16.1. The number of amides is 2. The van der Waals surface area contributed by atoms with Crippen LogP contribution in [0.15, 0.2) is 52.4 Å². The van der Waals surface area contributed by atoms with Gasteiger partial charge < -0.3 is 19.5 Å². The third-order valence-corrected chi connectivity index (χ3v) is 5.53. The van der Waals surface area contributed by atoms with Gasteiger partial charge in [-0.3, -0.25) is 9.59 Å². The van der Waals surface area contributed by atoms with E-state index in [0.717, 1.165) is 16.3 Å². The Morgan fingerprint density at radius 2 is 2.18 bits per heavy atom. The summed E-state index contributed by atoms with van der Waals surface area (Å²) in [6, 6.07) is 12.9. The van der Waals surface area contributed by atoms with Crippen molar-refractivity contribution in [3.63, 3.8) is 0 Å². The molecular formula is C20H19N3O4S. The maximum absolute atomic E-state index is 12.5. The van der Waals surface area contributed by atoms with Crippen LogP contribution in [0.3, 0.4) is 0 Å². The van der Waals surface area contributed by atoms with E-state index in [2.05, 4.69) is 10.5 Å². The lowest BCUT2D eigenvalue weighted by Gasteiger charge is -2.17. The summed E-state index contributed by atoms with van der Waals surface area (Å²) in [5, 5.41) is 8.81. The minimum atomic E-state index is -0.390. The molecule has 0 spiro atoms. The van der Waals surface area contributed by atoms with Gasteiger partial charge in [0.25, 0.3) is 0 Å². The Morgan fingerprint density at radius 1 is 1.36 bits per heavy atom. The third kappa shape index (κ3) is 3.77. The van der Waals surface area contributed by atoms with Gasteiger partial charge in [-0.2, -0.15) is 0 Å². The minimum absolute atomic E-state index is 0.0632. The molecule has 0 radical (unpaired) electrons. The highest BCUT2D eigenvalue weighted by atomic mass is 32.1. The van der Waals surface area contributed by atoms with Crippen molar-refractivity contribution in [3.8, 4) is 16.4 Å². The predicted octanol–water partition coefficient (Wildman–Crippen LogP) is 3.08. The zero-order valence-electron chi connectivity index (χ0n) is 15.3. The fraction of sp³-hybridized carbons (Fsp3) is 0.250. The van der Waals surface area contributed by atoms with Crippen molar-refractivity contribution in [1.82, 2.24) is 10.5 Å². The van der Waals surface area contributed by atoms with E-state index in [0.29, 0.717) is 18.0 Å². The smallest absolute Gasteiger partial charge is 0.227 e. The summed E-state index contributed by atoms with van der Waals surface area (Å²) < 4.78 is 10.5. The van der Waals surface area contributed by atoms with Crippen LogP contribution in [0, 0.1) is 5.92 Å². The number of hydrogen-bond acceptors (Lipinski definition) is 6. The fourth-order valence-corrected chi connectivity index (χ4v) is 3.82. The summed E-state index contributed by atoms with van der Waals surface area (Å²) >= 11 is 1.56. The maximum atomic E-state index is 12.5. The second-order valence-electron chi connectivity index (χ2n) is 6.48. The summed E-state index contributed by atoms with van der Waals surface area (Å²) in [5.74, 6) is 0.787. The van der Waals surface area contributed by atoms with Crippen LogP contribution in [-0.4, -0.2) is 30.6 Å². The number of anilines is 1. The number of hydrogen-bond donors (Lipinski definition) is 1. The van der Waals surface area contributed by atoms with Crippen LogP contribution in [-0.2, 0) is 16.1 Å². The van der Waals surface area contributed by atoms with E-state index < -0.39 is 5.92 Å². The molecule has 0 saturated carbocycles. The first-order chi connectivity index (χ1) is 13.6. The van der Waals surface area contributed by atoms with Crippen molar-refractivity contribution in [1.29, 1.82) is 0 Å². The van der Waals surface area contributed by atoms with Crippen molar-refractivity contribution >= 4 is 28.8 Å². The van der Waals surface area contributed by atoms with Gasteiger partial charge in [-0.05, 0) is 35.7 Å². The van der Waals surface area contributed by atoms with Gasteiger partial charge in [0, 0.05) is 24.7 Å². The first kappa shape index (κ1) is 18.2. The Morgan fingerprint density at radius 3 is 2.89 bits per heavy atom. The highest BCUT2D eigenvalue weighted by molar-refractivity contribution is 7.13. The lowest BCUT2D eigenvalue weighted by molar-refractivity contribution is -0.126. The Hall–Kier alpha value is -3.13. The Labute approximate surface area is 165 Å². The average molecular weight is 397 g/mol. The lowest BCUT2D eigenvalue weighted by Crippen LogP contribution is -2.32. The van der Waals surface area contributed by atoms with E-state index >= 15 is 0 Å². The number of benzene rings is 1. The molecule has 1 aromatic carbocycles. The largest absolute Gasteiger partial charge is 0.497 e. The number of aromatic nitrogens is 1. The van der Waals surface area contributed by atoms with Crippen LogP contribution in [0.2, 0.25) is 0 Å². The second-order valence-corrected chi connectivity index (χ2v) is 7.43. The van der Waals surface area contributed by atoms with Crippen LogP contribution in [0.1, 0.15) is 12.1 Å². The van der Waals surface area contributed by atoms with Crippen LogP contribution < -0.4 is 15.0 Å². The molecule has 28 heavy (non-hydrogen) atoms. The van der Waals surface area contributed by atoms with Crippen LogP contribution in [0.25, 0.3) is 10.6 Å². The number of rotatable bonds is 6. The Kier molecular flexibility index (Phi) is 5.12. The number of nitrogens with one attached hydrogen (secondary N) is 1. The summed E-state index contributed by atoms with van der Waals surface area (Å²) in [6.07, 6.45) is 0.192. The molecule has 3 aromatic rings. The van der Waals surface area contributed by atoms with Gasteiger partial charge >= 0.3 is 0 Å².